The van der Waals surface area contributed by atoms with Crippen LogP contribution in [-0.2, 0) is 4.79 Å². The second-order valence-electron chi connectivity index (χ2n) is 3.47. The molecule has 1 aliphatic heterocycles. The first kappa shape index (κ1) is 11.0. The number of amides is 3. The summed E-state index contributed by atoms with van der Waals surface area (Å²) in [6.45, 7) is 0.836. The second-order valence-corrected chi connectivity index (χ2v) is 3.47. The van der Waals surface area contributed by atoms with Crippen molar-refractivity contribution in [1.29, 1.82) is 0 Å². The Morgan fingerprint density at radius 1 is 1.29 bits per heavy atom. The van der Waals surface area contributed by atoms with Crippen LogP contribution in [0, 0.1) is 0 Å². The van der Waals surface area contributed by atoms with Gasteiger partial charge in [-0.25, -0.2) is 4.79 Å². The lowest BCUT2D eigenvalue weighted by atomic mass is 10.2. The number of unbranched alkanes of at least 4 members (excludes halogenated alkanes) is 2. The minimum atomic E-state index is -0.209. The number of hydrogen-bond donors (Lipinski definition) is 1. The number of hydrogen-bond acceptors (Lipinski definition) is 3. The molecule has 0 unspecified atom stereocenters. The molecule has 0 radical (unpaired) electrons. The molecule has 0 aromatic heterocycles. The Morgan fingerprint density at radius 2 is 2.00 bits per heavy atom. The van der Waals surface area contributed by atoms with E-state index in [-0.39, 0.29) is 25.1 Å². The van der Waals surface area contributed by atoms with Crippen LogP contribution in [0.4, 0.5) is 4.79 Å². The minimum Gasteiger partial charge on any atom is -0.396 e. The van der Waals surface area contributed by atoms with Crippen LogP contribution >= 0.6 is 0 Å². The summed E-state index contributed by atoms with van der Waals surface area (Å²) in [6.07, 6.45) is 2.34. The topological polar surface area (TPSA) is 60.9 Å². The van der Waals surface area contributed by atoms with E-state index in [1.807, 2.05) is 0 Å². The highest BCUT2D eigenvalue weighted by molar-refractivity contribution is 6.01. The lowest BCUT2D eigenvalue weighted by Crippen LogP contribution is -2.32. The molecule has 14 heavy (non-hydrogen) atoms. The number of nitrogens with zero attached hydrogens (tertiary/aromatic N) is 2. The van der Waals surface area contributed by atoms with E-state index < -0.39 is 0 Å². The van der Waals surface area contributed by atoms with Crippen LogP contribution in [0.15, 0.2) is 0 Å². The van der Waals surface area contributed by atoms with E-state index in [4.69, 9.17) is 5.11 Å². The lowest BCUT2D eigenvalue weighted by Gasteiger charge is -2.13. The van der Waals surface area contributed by atoms with E-state index in [0.29, 0.717) is 6.54 Å². The van der Waals surface area contributed by atoms with Gasteiger partial charge in [-0.2, -0.15) is 0 Å². The van der Waals surface area contributed by atoms with Gasteiger partial charge in [-0.15, -0.1) is 0 Å². The monoisotopic (exact) mass is 200 g/mol. The van der Waals surface area contributed by atoms with Gasteiger partial charge in [0.1, 0.15) is 6.54 Å². The maximum absolute atomic E-state index is 11.4. The molecule has 1 fully saturated rings. The van der Waals surface area contributed by atoms with E-state index in [2.05, 4.69) is 0 Å². The van der Waals surface area contributed by atoms with E-state index >= 15 is 0 Å². The van der Waals surface area contributed by atoms with Gasteiger partial charge in [-0.3, -0.25) is 9.69 Å². The molecule has 0 aromatic carbocycles. The molecule has 0 bridgehead atoms. The van der Waals surface area contributed by atoms with Crippen molar-refractivity contribution in [3.8, 4) is 0 Å². The maximum atomic E-state index is 11.4. The molecule has 80 valence electrons. The number of likely N-dealkylation sites (N-methyl/N-ethyl adjacent to an activating group) is 1. The van der Waals surface area contributed by atoms with Crippen LogP contribution in [0.1, 0.15) is 19.3 Å². The summed E-state index contributed by atoms with van der Waals surface area (Å²) in [7, 11) is 1.62. The molecule has 0 aromatic rings. The molecule has 1 aliphatic rings. The molecule has 0 aliphatic carbocycles. The van der Waals surface area contributed by atoms with Crippen molar-refractivity contribution in [1.82, 2.24) is 9.80 Å². The minimum absolute atomic E-state index is 0.124. The zero-order chi connectivity index (χ0) is 10.6. The van der Waals surface area contributed by atoms with Gasteiger partial charge in [0.25, 0.3) is 0 Å². The number of urea groups is 1. The fraction of sp³-hybridized carbons (Fsp3) is 0.778. The summed E-state index contributed by atoms with van der Waals surface area (Å²) in [5, 5.41) is 8.55. The number of imide groups is 1. The van der Waals surface area contributed by atoms with Crippen LogP contribution in [0.5, 0.6) is 0 Å². The average molecular weight is 200 g/mol. The summed E-state index contributed by atoms with van der Waals surface area (Å²) >= 11 is 0. The van der Waals surface area contributed by atoms with E-state index in [9.17, 15) is 9.59 Å². The van der Waals surface area contributed by atoms with Gasteiger partial charge in [0, 0.05) is 20.2 Å². The fourth-order valence-electron chi connectivity index (χ4n) is 1.45. The summed E-state index contributed by atoms with van der Waals surface area (Å²) < 4.78 is 0. The van der Waals surface area contributed by atoms with E-state index in [1.54, 1.807) is 7.05 Å². The highest BCUT2D eigenvalue weighted by atomic mass is 16.3. The number of rotatable bonds is 5. The normalized spacial score (nSPS) is 17.0. The molecule has 1 N–H and O–H groups in total. The molecular weight excluding hydrogens is 184 g/mol. The first-order valence-electron chi connectivity index (χ1n) is 4.83. The first-order valence-corrected chi connectivity index (χ1v) is 4.83. The molecule has 5 heteroatoms. The van der Waals surface area contributed by atoms with Gasteiger partial charge in [0.15, 0.2) is 0 Å². The Morgan fingerprint density at radius 3 is 2.50 bits per heavy atom. The predicted octanol–water partition coefficient (Wildman–Crippen LogP) is 0.0430. The number of carbonyl (C=O) groups is 2. The van der Waals surface area contributed by atoms with Gasteiger partial charge in [0.05, 0.1) is 0 Å². The van der Waals surface area contributed by atoms with Crippen LogP contribution in [0.2, 0.25) is 0 Å². The average Bonchev–Trinajstić information content (AvgIpc) is 2.38. The third-order valence-electron chi connectivity index (χ3n) is 2.27. The number of aliphatic hydroxyl groups excluding tert-OH is 1. The molecule has 5 nitrogen and oxygen atoms in total. The van der Waals surface area contributed by atoms with Crippen LogP contribution in [0.3, 0.4) is 0 Å². The van der Waals surface area contributed by atoms with E-state index in [1.165, 1.54) is 9.80 Å². The zero-order valence-electron chi connectivity index (χ0n) is 8.40. The summed E-state index contributed by atoms with van der Waals surface area (Å²) in [4.78, 5) is 25.3. The predicted molar refractivity (Wildman–Crippen MR) is 50.7 cm³/mol. The van der Waals surface area contributed by atoms with Crippen LogP contribution < -0.4 is 0 Å². The van der Waals surface area contributed by atoms with Crippen molar-refractivity contribution in [3.05, 3.63) is 0 Å². The van der Waals surface area contributed by atoms with E-state index in [0.717, 1.165) is 19.3 Å². The fourth-order valence-corrected chi connectivity index (χ4v) is 1.45. The van der Waals surface area contributed by atoms with Crippen molar-refractivity contribution in [2.75, 3.05) is 26.7 Å². The smallest absolute Gasteiger partial charge is 0.326 e. The number of aliphatic hydroxyl groups is 1. The molecule has 1 heterocycles. The van der Waals surface area contributed by atoms with Crippen LogP contribution in [0.25, 0.3) is 0 Å². The van der Waals surface area contributed by atoms with Gasteiger partial charge in [-0.1, -0.05) is 0 Å². The van der Waals surface area contributed by atoms with Crippen LogP contribution in [-0.4, -0.2) is 53.6 Å². The van der Waals surface area contributed by atoms with Crippen molar-refractivity contribution in [3.63, 3.8) is 0 Å². The first-order chi connectivity index (χ1) is 6.66. The highest BCUT2D eigenvalue weighted by Crippen LogP contribution is 2.09. The SMILES string of the molecule is CN1CC(=O)N(CCCCCO)C1=O. The van der Waals surface area contributed by atoms with Crippen molar-refractivity contribution < 1.29 is 14.7 Å². The Balaban J connectivity index is 2.30. The molecule has 0 atom stereocenters. The zero-order valence-corrected chi connectivity index (χ0v) is 8.40. The van der Waals surface area contributed by atoms with Gasteiger partial charge < -0.3 is 10.0 Å². The summed E-state index contributed by atoms with van der Waals surface area (Å²) in [5.41, 5.74) is 0. The Hall–Kier alpha value is -1.10. The molecule has 1 saturated heterocycles. The summed E-state index contributed by atoms with van der Waals surface area (Å²) in [6, 6.07) is -0.209. The Kier molecular flexibility index (Phi) is 3.88. The van der Waals surface area contributed by atoms with Crippen molar-refractivity contribution in [2.24, 2.45) is 0 Å². The maximum Gasteiger partial charge on any atom is 0.326 e. The largest absolute Gasteiger partial charge is 0.396 e. The Labute approximate surface area is 83.3 Å². The summed E-state index contributed by atoms with van der Waals surface area (Å²) in [5.74, 6) is -0.124. The third-order valence-corrected chi connectivity index (χ3v) is 2.27. The Bertz CT molecular complexity index is 230. The molecule has 3 amide bonds. The highest BCUT2D eigenvalue weighted by Gasteiger charge is 2.32. The van der Waals surface area contributed by atoms with Crippen molar-refractivity contribution >= 4 is 11.9 Å². The second kappa shape index (κ2) is 4.95. The number of carbonyl (C=O) groups excluding carboxylic acids is 2. The van der Waals surface area contributed by atoms with Crippen molar-refractivity contribution in [2.45, 2.75) is 19.3 Å². The third kappa shape index (κ3) is 2.45. The van der Waals surface area contributed by atoms with Gasteiger partial charge >= 0.3 is 6.03 Å². The van der Waals surface area contributed by atoms with Gasteiger partial charge in [-0.05, 0) is 19.3 Å². The van der Waals surface area contributed by atoms with Gasteiger partial charge in [0.2, 0.25) is 5.91 Å². The molecular formula is C9H16N2O3. The molecule has 0 spiro atoms. The standard InChI is InChI=1S/C9H16N2O3/c1-10-7-8(13)11(9(10)14)5-3-2-4-6-12/h12H,2-7H2,1H3. The molecule has 0 saturated carbocycles. The molecule has 1 rings (SSSR count). The quantitative estimate of drug-likeness (QED) is 0.503. The lowest BCUT2D eigenvalue weighted by molar-refractivity contribution is -0.125.